The van der Waals surface area contributed by atoms with Crippen LogP contribution in [0.1, 0.15) is 13.8 Å². The molecule has 0 unspecified atom stereocenters. The minimum absolute atomic E-state index is 0.0167. The van der Waals surface area contributed by atoms with Gasteiger partial charge in [0.05, 0.1) is 41.9 Å². The number of hydrogen-bond donors (Lipinski definition) is 2. The highest BCUT2D eigenvalue weighted by molar-refractivity contribution is 6.32. The van der Waals surface area contributed by atoms with Crippen molar-refractivity contribution in [2.24, 2.45) is 11.7 Å². The van der Waals surface area contributed by atoms with Crippen molar-refractivity contribution in [1.82, 2.24) is 24.3 Å². The van der Waals surface area contributed by atoms with Crippen LogP contribution < -0.4 is 20.7 Å². The Bertz CT molecular complexity index is 1450. The average molecular weight is 535 g/mol. The van der Waals surface area contributed by atoms with E-state index in [0.29, 0.717) is 35.5 Å². The van der Waals surface area contributed by atoms with Crippen LogP contribution in [0.2, 0.25) is 5.02 Å². The van der Waals surface area contributed by atoms with Gasteiger partial charge in [-0.25, -0.2) is 15.0 Å². The first kappa shape index (κ1) is 25.7. The molecule has 10 nitrogen and oxygen atoms in total. The molecule has 11 heteroatoms. The third-order valence-corrected chi connectivity index (χ3v) is 7.07. The Labute approximate surface area is 226 Å². The summed E-state index contributed by atoms with van der Waals surface area (Å²) < 4.78 is 7.61. The second-order valence-electron chi connectivity index (χ2n) is 9.55. The smallest absolute Gasteiger partial charge is 0.239 e. The first-order valence-corrected chi connectivity index (χ1v) is 12.9. The maximum atomic E-state index is 12.6. The van der Waals surface area contributed by atoms with Crippen LogP contribution in [0.25, 0.3) is 17.0 Å². The molecule has 3 aromatic heterocycles. The number of anilines is 3. The van der Waals surface area contributed by atoms with E-state index < -0.39 is 6.04 Å². The molecular formula is C27H31ClN8O2. The van der Waals surface area contributed by atoms with Crippen molar-refractivity contribution in [3.63, 3.8) is 0 Å². The zero-order valence-electron chi connectivity index (χ0n) is 21.6. The summed E-state index contributed by atoms with van der Waals surface area (Å²) in [6.07, 6.45) is 5.23. The molecule has 1 atom stereocenters. The van der Waals surface area contributed by atoms with Crippen molar-refractivity contribution in [3.05, 3.63) is 60.0 Å². The third kappa shape index (κ3) is 5.09. The van der Waals surface area contributed by atoms with Crippen LogP contribution in [0.3, 0.4) is 0 Å². The molecule has 0 aliphatic carbocycles. The first-order chi connectivity index (χ1) is 18.4. The number of methoxy groups -OCH3 is 1. The largest absolute Gasteiger partial charge is 0.494 e. The number of hydrogen-bond acceptors (Lipinski definition) is 8. The number of nitrogens with zero attached hydrogens (tertiary/aromatic N) is 6. The number of piperazine rings is 1. The minimum atomic E-state index is -0.463. The van der Waals surface area contributed by atoms with E-state index in [-0.39, 0.29) is 11.8 Å². The Morgan fingerprint density at radius 2 is 1.89 bits per heavy atom. The number of aromatic nitrogens is 4. The van der Waals surface area contributed by atoms with Crippen LogP contribution >= 0.6 is 11.6 Å². The van der Waals surface area contributed by atoms with E-state index in [0.717, 1.165) is 35.8 Å². The van der Waals surface area contributed by atoms with Gasteiger partial charge in [-0.3, -0.25) is 9.20 Å². The highest BCUT2D eigenvalue weighted by Gasteiger charge is 2.27. The summed E-state index contributed by atoms with van der Waals surface area (Å²) in [4.78, 5) is 30.2. The SMILES string of the molecule is COc1cc(N2CCN(C(=O)[C@@H](N)C(C)C)CC2)ccc1Nc1ncc(Cl)c(-c2cnc3ccccn23)n1. The molecule has 4 aromatic rings. The third-order valence-electron chi connectivity index (χ3n) is 6.80. The molecule has 1 aliphatic rings. The summed E-state index contributed by atoms with van der Waals surface area (Å²) >= 11 is 6.46. The Morgan fingerprint density at radius 3 is 2.63 bits per heavy atom. The molecule has 1 saturated heterocycles. The second-order valence-corrected chi connectivity index (χ2v) is 9.96. The number of carbonyl (C=O) groups is 1. The lowest BCUT2D eigenvalue weighted by atomic mass is 10.0. The van der Waals surface area contributed by atoms with Gasteiger partial charge in [0.2, 0.25) is 11.9 Å². The van der Waals surface area contributed by atoms with Crippen LogP contribution in [0.4, 0.5) is 17.3 Å². The Hall–Kier alpha value is -3.89. The molecule has 0 radical (unpaired) electrons. The molecule has 1 aromatic carbocycles. The van der Waals surface area contributed by atoms with Gasteiger partial charge in [-0.05, 0) is 30.2 Å². The Kier molecular flexibility index (Phi) is 7.35. The normalized spacial score (nSPS) is 14.7. The zero-order chi connectivity index (χ0) is 26.8. The fraction of sp³-hybridized carbons (Fsp3) is 0.333. The number of pyridine rings is 1. The lowest BCUT2D eigenvalue weighted by molar-refractivity contribution is -0.133. The van der Waals surface area contributed by atoms with Crippen molar-refractivity contribution in [3.8, 4) is 17.1 Å². The predicted molar refractivity (Wildman–Crippen MR) is 149 cm³/mol. The van der Waals surface area contributed by atoms with Gasteiger partial charge in [0, 0.05) is 44.1 Å². The fourth-order valence-electron chi connectivity index (χ4n) is 4.50. The molecule has 198 valence electrons. The summed E-state index contributed by atoms with van der Waals surface area (Å²) in [5, 5.41) is 3.68. The van der Waals surface area contributed by atoms with Crippen LogP contribution in [0.5, 0.6) is 5.75 Å². The maximum Gasteiger partial charge on any atom is 0.239 e. The Morgan fingerprint density at radius 1 is 1.11 bits per heavy atom. The second kappa shape index (κ2) is 10.8. The highest BCUT2D eigenvalue weighted by atomic mass is 35.5. The number of rotatable bonds is 7. The number of nitrogens with two attached hydrogens (primary N) is 1. The van der Waals surface area contributed by atoms with Crippen LogP contribution in [-0.2, 0) is 4.79 Å². The summed E-state index contributed by atoms with van der Waals surface area (Å²) in [6.45, 7) is 6.64. The average Bonchev–Trinajstić information content (AvgIpc) is 3.37. The van der Waals surface area contributed by atoms with E-state index in [1.54, 1.807) is 19.5 Å². The zero-order valence-corrected chi connectivity index (χ0v) is 22.4. The number of carbonyl (C=O) groups excluding carboxylic acids is 1. The topological polar surface area (TPSA) is 114 Å². The summed E-state index contributed by atoms with van der Waals surface area (Å²) in [5.41, 5.74) is 9.95. The molecule has 0 bridgehead atoms. The first-order valence-electron chi connectivity index (χ1n) is 12.5. The minimum Gasteiger partial charge on any atom is -0.494 e. The van der Waals surface area contributed by atoms with Gasteiger partial charge in [0.15, 0.2) is 0 Å². The van der Waals surface area contributed by atoms with Crippen molar-refractivity contribution in [2.45, 2.75) is 19.9 Å². The van der Waals surface area contributed by atoms with Gasteiger partial charge in [0.25, 0.3) is 0 Å². The van der Waals surface area contributed by atoms with E-state index >= 15 is 0 Å². The van der Waals surface area contributed by atoms with Gasteiger partial charge in [-0.15, -0.1) is 0 Å². The van der Waals surface area contributed by atoms with Crippen molar-refractivity contribution in [1.29, 1.82) is 0 Å². The van der Waals surface area contributed by atoms with Crippen molar-refractivity contribution in [2.75, 3.05) is 43.5 Å². The van der Waals surface area contributed by atoms with Crippen molar-refractivity contribution >= 4 is 40.5 Å². The van der Waals surface area contributed by atoms with Crippen LogP contribution in [0, 0.1) is 5.92 Å². The van der Waals surface area contributed by atoms with Gasteiger partial charge in [-0.1, -0.05) is 31.5 Å². The van der Waals surface area contributed by atoms with E-state index in [1.165, 1.54) is 0 Å². The Balaban J connectivity index is 1.32. The van der Waals surface area contributed by atoms with Gasteiger partial charge in [-0.2, -0.15) is 0 Å². The number of ether oxygens (including phenoxy) is 1. The number of benzene rings is 1. The monoisotopic (exact) mass is 534 g/mol. The molecule has 1 aliphatic heterocycles. The maximum absolute atomic E-state index is 12.6. The van der Waals surface area contributed by atoms with Crippen LogP contribution in [-0.4, -0.2) is 69.5 Å². The molecule has 1 amide bonds. The lowest BCUT2D eigenvalue weighted by Gasteiger charge is -2.37. The highest BCUT2D eigenvalue weighted by Crippen LogP contribution is 2.33. The molecule has 0 saturated carbocycles. The van der Waals surface area contributed by atoms with E-state index in [2.05, 4.69) is 25.2 Å². The molecule has 1 fully saturated rings. The number of fused-ring (bicyclic) bond motifs is 1. The fourth-order valence-corrected chi connectivity index (χ4v) is 4.68. The summed E-state index contributed by atoms with van der Waals surface area (Å²) in [6, 6.07) is 11.2. The van der Waals surface area contributed by atoms with E-state index in [1.807, 2.05) is 65.7 Å². The number of nitrogens with one attached hydrogen (secondary N) is 1. The molecule has 5 rings (SSSR count). The van der Waals surface area contributed by atoms with Gasteiger partial charge < -0.3 is 25.6 Å². The van der Waals surface area contributed by atoms with Gasteiger partial charge >= 0.3 is 0 Å². The molecule has 3 N–H and O–H groups in total. The number of amides is 1. The standard InChI is InChI=1S/C27H31ClN8O2/c1-17(2)24(29)26(37)35-12-10-34(11-13-35)18-7-8-20(22(14-18)38-3)32-27-31-15-19(28)25(33-27)21-16-30-23-6-4-5-9-36(21)23/h4-9,14-17,24H,10-13,29H2,1-3H3,(H,31,32,33)/t24-/m0/s1. The van der Waals surface area contributed by atoms with E-state index in [4.69, 9.17) is 22.1 Å². The number of halogens is 1. The lowest BCUT2D eigenvalue weighted by Crippen LogP contribution is -2.54. The van der Waals surface area contributed by atoms with Gasteiger partial charge in [0.1, 0.15) is 17.1 Å². The molecular weight excluding hydrogens is 504 g/mol. The quantitative estimate of drug-likeness (QED) is 0.368. The molecule has 0 spiro atoms. The van der Waals surface area contributed by atoms with E-state index in [9.17, 15) is 4.79 Å². The molecule has 38 heavy (non-hydrogen) atoms. The summed E-state index contributed by atoms with van der Waals surface area (Å²) in [5.74, 6) is 1.17. The number of imidazole rings is 1. The summed E-state index contributed by atoms with van der Waals surface area (Å²) in [7, 11) is 1.63. The molecule has 4 heterocycles. The van der Waals surface area contributed by atoms with Crippen molar-refractivity contribution < 1.29 is 9.53 Å². The van der Waals surface area contributed by atoms with Crippen LogP contribution in [0.15, 0.2) is 55.0 Å². The predicted octanol–water partition coefficient (Wildman–Crippen LogP) is 3.83.